The number of hydrogen-bond acceptors (Lipinski definition) is 4. The van der Waals surface area contributed by atoms with Gasteiger partial charge >= 0.3 is 5.97 Å². The summed E-state index contributed by atoms with van der Waals surface area (Å²) >= 11 is 0. The molecule has 1 amide bonds. The quantitative estimate of drug-likeness (QED) is 0.909. The summed E-state index contributed by atoms with van der Waals surface area (Å²) in [6.07, 6.45) is 3.88. The van der Waals surface area contributed by atoms with Crippen LogP contribution in [0.2, 0.25) is 0 Å². The molecule has 6 nitrogen and oxygen atoms in total. The molecule has 1 aliphatic heterocycles. The molecule has 2 fully saturated rings. The molecule has 1 aromatic heterocycles. The van der Waals surface area contributed by atoms with Gasteiger partial charge in [-0.2, -0.15) is 0 Å². The van der Waals surface area contributed by atoms with Gasteiger partial charge in [-0.15, -0.1) is 0 Å². The van der Waals surface area contributed by atoms with E-state index in [1.165, 1.54) is 18.4 Å². The summed E-state index contributed by atoms with van der Waals surface area (Å²) in [6.45, 7) is 0.766. The Balaban J connectivity index is 1.45. The van der Waals surface area contributed by atoms with E-state index >= 15 is 0 Å². The molecule has 2 atom stereocenters. The number of likely N-dealkylation sites (tertiary alicyclic amines) is 1. The Morgan fingerprint density at radius 1 is 1.35 bits per heavy atom. The van der Waals surface area contributed by atoms with Crippen LogP contribution in [-0.2, 0) is 16.0 Å². The Bertz CT molecular complexity index is 847. The Kier molecular flexibility index (Phi) is 4.01. The summed E-state index contributed by atoms with van der Waals surface area (Å²) < 4.78 is 18.4. The van der Waals surface area contributed by atoms with Crippen molar-refractivity contribution in [3.8, 4) is 11.5 Å². The van der Waals surface area contributed by atoms with Crippen LogP contribution in [0.3, 0.4) is 0 Å². The van der Waals surface area contributed by atoms with E-state index in [2.05, 4.69) is 4.98 Å². The molecule has 0 radical (unpaired) electrons. The van der Waals surface area contributed by atoms with Crippen molar-refractivity contribution in [1.82, 2.24) is 9.88 Å². The molecule has 1 saturated heterocycles. The number of amides is 1. The number of carbonyl (C=O) groups is 2. The number of rotatable bonds is 4. The number of carboxylic acids is 1. The van der Waals surface area contributed by atoms with Crippen LogP contribution in [0, 0.1) is 17.2 Å². The van der Waals surface area contributed by atoms with Crippen LogP contribution >= 0.6 is 0 Å². The highest BCUT2D eigenvalue weighted by Crippen LogP contribution is 2.48. The minimum atomic E-state index is -0.796. The van der Waals surface area contributed by atoms with E-state index in [0.29, 0.717) is 30.1 Å². The summed E-state index contributed by atoms with van der Waals surface area (Å²) in [7, 11) is 0. The first-order valence-electron chi connectivity index (χ1n) is 8.69. The van der Waals surface area contributed by atoms with Crippen molar-refractivity contribution in [3.05, 3.63) is 42.0 Å². The molecule has 1 aliphatic carbocycles. The molecular weight excluding hydrogens is 339 g/mol. The van der Waals surface area contributed by atoms with Gasteiger partial charge in [-0.05, 0) is 43.0 Å². The van der Waals surface area contributed by atoms with Crippen molar-refractivity contribution < 1.29 is 23.5 Å². The van der Waals surface area contributed by atoms with Gasteiger partial charge in [0.1, 0.15) is 12.1 Å². The zero-order chi connectivity index (χ0) is 18.3. The van der Waals surface area contributed by atoms with Gasteiger partial charge in [0, 0.05) is 18.7 Å². The summed E-state index contributed by atoms with van der Waals surface area (Å²) in [5.41, 5.74) is 0.333. The molecule has 136 valence electrons. The predicted molar refractivity (Wildman–Crippen MR) is 89.6 cm³/mol. The molecule has 1 N–H and O–H groups in total. The molecule has 26 heavy (non-hydrogen) atoms. The second-order valence-corrected chi connectivity index (χ2v) is 7.15. The first-order valence-corrected chi connectivity index (χ1v) is 8.69. The third kappa shape index (κ3) is 2.77. The number of benzene rings is 1. The first-order chi connectivity index (χ1) is 12.5. The summed E-state index contributed by atoms with van der Waals surface area (Å²) in [6, 6.07) is 5.76. The first kappa shape index (κ1) is 16.8. The maximum Gasteiger partial charge on any atom is 0.311 e. The summed E-state index contributed by atoms with van der Waals surface area (Å²) in [4.78, 5) is 30.3. The average Bonchev–Trinajstić information content (AvgIpc) is 3.29. The highest BCUT2D eigenvalue weighted by Gasteiger charge is 2.55. The van der Waals surface area contributed by atoms with Gasteiger partial charge in [0.15, 0.2) is 0 Å². The van der Waals surface area contributed by atoms with Crippen molar-refractivity contribution >= 4 is 11.9 Å². The van der Waals surface area contributed by atoms with Crippen LogP contribution < -0.4 is 0 Å². The van der Waals surface area contributed by atoms with Gasteiger partial charge in [0.2, 0.25) is 11.8 Å². The van der Waals surface area contributed by atoms with E-state index in [9.17, 15) is 19.1 Å². The van der Waals surface area contributed by atoms with Crippen molar-refractivity contribution in [3.63, 3.8) is 0 Å². The molecule has 2 heterocycles. The molecule has 0 unspecified atom stereocenters. The molecule has 0 spiro atoms. The lowest BCUT2D eigenvalue weighted by Crippen LogP contribution is -2.37. The van der Waals surface area contributed by atoms with Crippen LogP contribution in [0.1, 0.15) is 25.0 Å². The number of hydrogen-bond donors (Lipinski definition) is 1. The predicted octanol–water partition coefficient (Wildman–Crippen LogP) is 2.74. The third-order valence-electron chi connectivity index (χ3n) is 5.62. The Morgan fingerprint density at radius 2 is 2.12 bits per heavy atom. The number of aromatic nitrogens is 1. The SMILES string of the molecule is O=C(Cc1coc(-c2ccc(F)cc2)n1)N1C[C@@H]2CCC[C@@]2(C(=O)O)C1. The van der Waals surface area contributed by atoms with E-state index in [0.717, 1.165) is 12.8 Å². The number of fused-ring (bicyclic) bond motifs is 1. The average molecular weight is 358 g/mol. The van der Waals surface area contributed by atoms with Gasteiger partial charge in [0.25, 0.3) is 0 Å². The summed E-state index contributed by atoms with van der Waals surface area (Å²) in [5.74, 6) is -0.916. The minimum Gasteiger partial charge on any atom is -0.481 e. The van der Waals surface area contributed by atoms with Crippen LogP contribution in [0.5, 0.6) is 0 Å². The molecule has 1 aromatic carbocycles. The van der Waals surface area contributed by atoms with Gasteiger partial charge in [-0.3, -0.25) is 9.59 Å². The third-order valence-corrected chi connectivity index (χ3v) is 5.62. The molecule has 1 saturated carbocycles. The van der Waals surface area contributed by atoms with E-state index < -0.39 is 11.4 Å². The smallest absolute Gasteiger partial charge is 0.311 e. The maximum absolute atomic E-state index is 13.0. The molecule has 2 aliphatic rings. The number of carboxylic acid groups (broad SMARTS) is 1. The minimum absolute atomic E-state index is 0.0380. The Hall–Kier alpha value is -2.70. The van der Waals surface area contributed by atoms with Gasteiger partial charge in [-0.25, -0.2) is 9.37 Å². The Morgan fingerprint density at radius 3 is 2.81 bits per heavy atom. The lowest BCUT2D eigenvalue weighted by Gasteiger charge is -2.23. The van der Waals surface area contributed by atoms with Gasteiger partial charge < -0.3 is 14.4 Å². The van der Waals surface area contributed by atoms with E-state index in [-0.39, 0.29) is 30.6 Å². The van der Waals surface area contributed by atoms with E-state index in [1.54, 1.807) is 17.0 Å². The molecule has 2 aromatic rings. The second kappa shape index (κ2) is 6.23. The number of halogens is 1. The second-order valence-electron chi connectivity index (χ2n) is 7.15. The van der Waals surface area contributed by atoms with Crippen molar-refractivity contribution in [1.29, 1.82) is 0 Å². The van der Waals surface area contributed by atoms with Crippen LogP contribution in [0.4, 0.5) is 4.39 Å². The molecular formula is C19H19FN2O4. The van der Waals surface area contributed by atoms with Crippen molar-refractivity contribution in [2.75, 3.05) is 13.1 Å². The maximum atomic E-state index is 13.0. The summed E-state index contributed by atoms with van der Waals surface area (Å²) in [5, 5.41) is 9.62. The van der Waals surface area contributed by atoms with Gasteiger partial charge in [0.05, 0.1) is 17.5 Å². The number of aliphatic carboxylic acids is 1. The number of nitrogens with zero attached hydrogens (tertiary/aromatic N) is 2. The fourth-order valence-electron chi connectivity index (χ4n) is 4.21. The number of carbonyl (C=O) groups excluding carboxylic acids is 1. The van der Waals surface area contributed by atoms with Crippen molar-refractivity contribution in [2.24, 2.45) is 11.3 Å². The highest BCUT2D eigenvalue weighted by atomic mass is 19.1. The Labute approximate surface area is 149 Å². The van der Waals surface area contributed by atoms with Crippen LogP contribution in [0.15, 0.2) is 34.9 Å². The molecule has 4 rings (SSSR count). The van der Waals surface area contributed by atoms with E-state index in [1.807, 2.05) is 0 Å². The lowest BCUT2D eigenvalue weighted by molar-refractivity contribution is -0.149. The number of oxazole rings is 1. The largest absolute Gasteiger partial charge is 0.481 e. The zero-order valence-electron chi connectivity index (χ0n) is 14.2. The molecule has 7 heteroatoms. The monoisotopic (exact) mass is 358 g/mol. The zero-order valence-corrected chi connectivity index (χ0v) is 14.2. The van der Waals surface area contributed by atoms with Crippen LogP contribution in [-0.4, -0.2) is 40.0 Å². The van der Waals surface area contributed by atoms with E-state index in [4.69, 9.17) is 4.42 Å². The normalized spacial score (nSPS) is 24.7. The standard InChI is InChI=1S/C19H19FN2O4/c20-14-5-3-12(4-6-14)17-21-15(10-26-17)8-16(23)22-9-13-2-1-7-19(13,11-22)18(24)25/h3-6,10,13H,1-2,7-9,11H2,(H,24,25)/t13-,19+/m0/s1. The fourth-order valence-corrected chi connectivity index (χ4v) is 4.21. The van der Waals surface area contributed by atoms with Gasteiger partial charge in [-0.1, -0.05) is 6.42 Å². The van der Waals surface area contributed by atoms with Crippen molar-refractivity contribution in [2.45, 2.75) is 25.7 Å². The highest BCUT2D eigenvalue weighted by molar-refractivity contribution is 5.82. The topological polar surface area (TPSA) is 83.6 Å². The fraction of sp³-hybridized carbons (Fsp3) is 0.421. The van der Waals surface area contributed by atoms with Crippen LogP contribution in [0.25, 0.3) is 11.5 Å². The molecule has 0 bridgehead atoms. The lowest BCUT2D eigenvalue weighted by atomic mass is 9.81.